The van der Waals surface area contributed by atoms with Crippen molar-refractivity contribution in [3.05, 3.63) is 78.8 Å². The molecule has 232 valence electrons. The number of non-ortho nitro benzene ring substituents is 1. The van der Waals surface area contributed by atoms with E-state index in [9.17, 15) is 29.3 Å². The van der Waals surface area contributed by atoms with Gasteiger partial charge in [0.2, 0.25) is 11.8 Å². The number of rotatable bonds is 6. The number of hydrogen-bond acceptors (Lipinski definition) is 9. The largest absolute Gasteiger partial charge is 0.483 e. The number of ether oxygens (including phenoxy) is 1. The molecule has 2 aromatic carbocycles. The number of thiazole rings is 1. The van der Waals surface area contributed by atoms with Gasteiger partial charge in [-0.1, -0.05) is 29.5 Å². The highest BCUT2D eigenvalue weighted by Gasteiger charge is 2.69. The van der Waals surface area contributed by atoms with Crippen LogP contribution in [-0.2, 0) is 14.4 Å². The summed E-state index contributed by atoms with van der Waals surface area (Å²) in [5.41, 5.74) is 1.11. The van der Waals surface area contributed by atoms with Gasteiger partial charge in [0.15, 0.2) is 6.61 Å². The van der Waals surface area contributed by atoms with Crippen LogP contribution in [0.2, 0.25) is 0 Å². The number of hydrogen-bond donors (Lipinski definition) is 1. The zero-order valence-electron chi connectivity index (χ0n) is 24.1. The summed E-state index contributed by atoms with van der Waals surface area (Å²) in [6.45, 7) is 1.41. The van der Waals surface area contributed by atoms with Gasteiger partial charge in [-0.05, 0) is 61.6 Å². The van der Waals surface area contributed by atoms with E-state index in [1.165, 1.54) is 40.5 Å². The number of para-hydroxylation sites is 1. The van der Waals surface area contributed by atoms with Crippen LogP contribution in [0, 0.1) is 39.7 Å². The Kier molecular flexibility index (Phi) is 6.86. The molecule has 0 unspecified atom stereocenters. The number of nitro benzene ring substituents is 1. The maximum Gasteiger partial charge on any atom is 0.305 e. The van der Waals surface area contributed by atoms with Crippen LogP contribution < -0.4 is 14.5 Å². The second kappa shape index (κ2) is 10.8. The smallest absolute Gasteiger partial charge is 0.305 e. The van der Waals surface area contributed by atoms with Crippen molar-refractivity contribution < 1.29 is 24.0 Å². The molecular weight excluding hydrogens is 617 g/mol. The van der Waals surface area contributed by atoms with Gasteiger partial charge in [0.1, 0.15) is 5.75 Å². The molecule has 1 N–H and O–H groups in total. The lowest BCUT2D eigenvalue weighted by Crippen LogP contribution is -2.43. The van der Waals surface area contributed by atoms with Crippen LogP contribution in [0.5, 0.6) is 5.75 Å². The normalized spacial score (nSPS) is 29.8. The number of nitrogens with zero attached hydrogens (tertiary/aromatic N) is 3. The number of nitro groups is 1. The molecule has 5 aliphatic rings. The number of nitrogens with one attached hydrogen (secondary N) is 1. The van der Waals surface area contributed by atoms with Crippen LogP contribution in [-0.4, -0.2) is 57.5 Å². The van der Waals surface area contributed by atoms with Gasteiger partial charge in [0.25, 0.3) is 11.6 Å². The van der Waals surface area contributed by atoms with E-state index in [-0.39, 0.29) is 63.8 Å². The number of H-pyrrole nitrogens is 1. The van der Waals surface area contributed by atoms with Gasteiger partial charge in [-0.15, -0.1) is 11.8 Å². The Labute approximate surface area is 266 Å². The van der Waals surface area contributed by atoms with Crippen LogP contribution in [0.1, 0.15) is 42.0 Å². The molecule has 2 saturated carbocycles. The second-order valence-corrected chi connectivity index (χ2v) is 14.7. The number of likely N-dealkylation sites (tertiary alicyclic amines) is 1. The number of imide groups is 1. The minimum Gasteiger partial charge on any atom is -0.483 e. The molecule has 2 bridgehead atoms. The van der Waals surface area contributed by atoms with E-state index < -0.39 is 16.8 Å². The van der Waals surface area contributed by atoms with Crippen molar-refractivity contribution in [2.45, 2.75) is 41.9 Å². The Hall–Kier alpha value is -3.97. The molecule has 13 heteroatoms. The molecule has 2 saturated heterocycles. The van der Waals surface area contributed by atoms with E-state index in [1.807, 2.05) is 29.2 Å². The summed E-state index contributed by atoms with van der Waals surface area (Å²) in [4.78, 5) is 71.0. The molecule has 45 heavy (non-hydrogen) atoms. The predicted molar refractivity (Wildman–Crippen MR) is 166 cm³/mol. The zero-order valence-corrected chi connectivity index (χ0v) is 25.8. The summed E-state index contributed by atoms with van der Waals surface area (Å²) < 4.78 is 6.22. The van der Waals surface area contributed by atoms with E-state index in [0.29, 0.717) is 11.4 Å². The first-order valence-corrected chi connectivity index (χ1v) is 17.0. The summed E-state index contributed by atoms with van der Waals surface area (Å²) in [7, 11) is 0. The average Bonchev–Trinajstić information content (AvgIpc) is 3.79. The van der Waals surface area contributed by atoms with Gasteiger partial charge in [-0.3, -0.25) is 34.2 Å². The van der Waals surface area contributed by atoms with Gasteiger partial charge in [0, 0.05) is 46.8 Å². The third-order valence-electron chi connectivity index (χ3n) is 10.4. The Morgan fingerprint density at radius 3 is 2.42 bits per heavy atom. The number of anilines is 1. The molecule has 8 rings (SSSR count). The molecule has 3 aromatic rings. The number of amides is 3. The number of benzene rings is 2. The summed E-state index contributed by atoms with van der Waals surface area (Å²) in [5, 5.41) is 12.0. The van der Waals surface area contributed by atoms with Gasteiger partial charge in [-0.25, -0.2) is 0 Å². The number of carbonyl (C=O) groups is 3. The molecule has 3 amide bonds. The van der Waals surface area contributed by atoms with Crippen molar-refractivity contribution in [2.75, 3.05) is 24.6 Å². The van der Waals surface area contributed by atoms with Gasteiger partial charge < -0.3 is 14.6 Å². The van der Waals surface area contributed by atoms with Crippen molar-refractivity contribution in [3.63, 3.8) is 0 Å². The number of thioether (sulfide) groups is 1. The fourth-order valence-corrected chi connectivity index (χ4v) is 11.5. The molecule has 0 spiro atoms. The monoisotopic (exact) mass is 646 g/mol. The number of carbonyl (C=O) groups excluding carboxylic acids is 3. The molecule has 4 heterocycles. The van der Waals surface area contributed by atoms with Crippen LogP contribution in [0.15, 0.2) is 58.4 Å². The SMILES string of the molecule is O=C(COc1ccccc1[C@@H]1c2sc(=O)[nH]c2S[C@@H]2[C@@H]3C[C@@H]([C@@H]4C(=O)N(c5ccc([N+](=O)[O-])cc5)C(=O)[C@@H]34)[C@H]12)N1CCCCC1. The lowest BCUT2D eigenvalue weighted by Gasteiger charge is -2.43. The maximum absolute atomic E-state index is 14.0. The van der Waals surface area contributed by atoms with Crippen molar-refractivity contribution in [3.8, 4) is 5.75 Å². The summed E-state index contributed by atoms with van der Waals surface area (Å²) in [6.07, 6.45) is 3.85. The Morgan fingerprint density at radius 2 is 1.69 bits per heavy atom. The molecule has 1 aromatic heterocycles. The van der Waals surface area contributed by atoms with E-state index in [1.54, 1.807) is 11.8 Å². The van der Waals surface area contributed by atoms with Crippen molar-refractivity contribution >= 4 is 52.2 Å². The quantitative estimate of drug-likeness (QED) is 0.236. The van der Waals surface area contributed by atoms with Crippen molar-refractivity contribution in [1.29, 1.82) is 0 Å². The minimum absolute atomic E-state index is 0.00408. The second-order valence-electron chi connectivity index (χ2n) is 12.5. The van der Waals surface area contributed by atoms with Crippen LogP contribution >= 0.6 is 23.1 Å². The highest BCUT2D eigenvalue weighted by atomic mass is 32.2. The molecule has 11 nitrogen and oxygen atoms in total. The van der Waals surface area contributed by atoms with Gasteiger partial charge in [-0.2, -0.15) is 0 Å². The standard InChI is InChI=1S/C32H30N4O7S2/c37-22(34-12-4-1-5-13-34)15-43-21-7-3-2-6-18(21)23-24-19-14-20(27(24)44-29-28(23)45-32(40)33-29)26-25(19)30(38)35(31(26)39)16-8-10-17(11-9-16)36(41)42/h2-3,6-11,19-20,23-27H,1,4-5,12-15H2,(H,33,40)/t19-,20-,23+,24-,25+,26+,27-/m1/s1. The lowest BCUT2D eigenvalue weighted by atomic mass is 9.68. The van der Waals surface area contributed by atoms with Crippen molar-refractivity contribution in [1.82, 2.24) is 9.88 Å². The third kappa shape index (κ3) is 4.45. The maximum atomic E-state index is 14.0. The van der Waals surface area contributed by atoms with E-state index in [4.69, 9.17) is 4.74 Å². The van der Waals surface area contributed by atoms with Gasteiger partial charge in [0.05, 0.1) is 27.5 Å². The Balaban J connectivity index is 1.13. The highest BCUT2D eigenvalue weighted by molar-refractivity contribution is 8.00. The molecule has 0 radical (unpaired) electrons. The van der Waals surface area contributed by atoms with E-state index >= 15 is 0 Å². The first-order chi connectivity index (χ1) is 21.8. The average molecular weight is 647 g/mol. The Morgan fingerprint density at radius 1 is 0.978 bits per heavy atom. The van der Waals surface area contributed by atoms with Gasteiger partial charge >= 0.3 is 4.87 Å². The van der Waals surface area contributed by atoms with Crippen LogP contribution in [0.25, 0.3) is 0 Å². The molecule has 4 fully saturated rings. The van der Waals surface area contributed by atoms with Crippen LogP contribution in [0.3, 0.4) is 0 Å². The molecular formula is C32H30N4O7S2. The van der Waals surface area contributed by atoms with E-state index in [0.717, 1.165) is 54.2 Å². The predicted octanol–water partition coefficient (Wildman–Crippen LogP) is 4.41. The van der Waals surface area contributed by atoms with Crippen molar-refractivity contribution in [2.24, 2.45) is 29.6 Å². The highest BCUT2D eigenvalue weighted by Crippen LogP contribution is 2.69. The number of fused-ring (bicyclic) bond motifs is 9. The molecule has 3 aliphatic heterocycles. The topological polar surface area (TPSA) is 143 Å². The summed E-state index contributed by atoms with van der Waals surface area (Å²) in [6, 6.07) is 13.2. The first kappa shape index (κ1) is 28.5. The zero-order chi connectivity index (χ0) is 31.0. The first-order valence-electron chi connectivity index (χ1n) is 15.3. The lowest BCUT2D eigenvalue weighted by molar-refractivity contribution is -0.384. The third-order valence-corrected chi connectivity index (χ3v) is 12.9. The minimum atomic E-state index is -0.511. The molecule has 2 aliphatic carbocycles. The van der Waals surface area contributed by atoms with Crippen LogP contribution in [0.4, 0.5) is 11.4 Å². The fourth-order valence-electron chi connectivity index (χ4n) is 8.59. The summed E-state index contributed by atoms with van der Waals surface area (Å²) in [5.74, 6) is -1.41. The summed E-state index contributed by atoms with van der Waals surface area (Å²) >= 11 is 2.78. The number of aromatic nitrogens is 1. The fraction of sp³-hybridized carbons (Fsp3) is 0.438. The van der Waals surface area contributed by atoms with E-state index in [2.05, 4.69) is 4.98 Å². The molecule has 7 atom stereocenters. The number of piperidine rings is 1. The Bertz CT molecular complexity index is 1780. The number of aromatic amines is 1.